The van der Waals surface area contributed by atoms with Crippen LogP contribution < -0.4 is 10.9 Å². The van der Waals surface area contributed by atoms with Crippen molar-refractivity contribution < 1.29 is 0 Å². The van der Waals surface area contributed by atoms with Gasteiger partial charge in [-0.1, -0.05) is 27.7 Å². The minimum absolute atomic E-state index is 0.0248. The summed E-state index contributed by atoms with van der Waals surface area (Å²) in [6.07, 6.45) is 5.37. The third kappa shape index (κ3) is 4.59. The largest absolute Gasteiger partial charge is 0.365 e. The average Bonchev–Trinajstić information content (AvgIpc) is 2.22. The van der Waals surface area contributed by atoms with Crippen LogP contribution in [0.5, 0.6) is 0 Å². The van der Waals surface area contributed by atoms with Crippen molar-refractivity contribution in [3.8, 4) is 0 Å². The number of nitrogens with zero attached hydrogens (tertiary/aromatic N) is 2. The number of aryl methyl sites for hydroxylation is 1. The molecule has 0 bridgehead atoms. The van der Waals surface area contributed by atoms with Crippen LogP contribution in [0.15, 0.2) is 17.2 Å². The molecule has 0 aliphatic rings. The van der Waals surface area contributed by atoms with Crippen LogP contribution >= 0.6 is 0 Å². The molecule has 1 heterocycles. The van der Waals surface area contributed by atoms with Crippen LogP contribution in [-0.4, -0.2) is 16.1 Å². The van der Waals surface area contributed by atoms with Crippen LogP contribution in [0.3, 0.4) is 0 Å². The molecule has 1 aromatic heterocycles. The SMILES string of the molecule is CCCn1ccnc(NCCC(C)(C)C)c1=O. The standard InChI is InChI=1S/C13H23N3O/c1-5-9-16-10-8-15-11(12(16)17)14-7-6-13(2,3)4/h8,10H,5-7,9H2,1-4H3,(H,14,15). The number of rotatable bonds is 5. The van der Waals surface area contributed by atoms with Gasteiger partial charge in [-0.2, -0.15) is 0 Å². The van der Waals surface area contributed by atoms with Gasteiger partial charge in [0.2, 0.25) is 0 Å². The maximum atomic E-state index is 12.0. The van der Waals surface area contributed by atoms with Gasteiger partial charge >= 0.3 is 0 Å². The van der Waals surface area contributed by atoms with Crippen LogP contribution in [-0.2, 0) is 6.54 Å². The van der Waals surface area contributed by atoms with Gasteiger partial charge < -0.3 is 9.88 Å². The first-order valence-electron chi connectivity index (χ1n) is 6.23. The molecule has 4 nitrogen and oxygen atoms in total. The van der Waals surface area contributed by atoms with Crippen molar-refractivity contribution in [2.75, 3.05) is 11.9 Å². The van der Waals surface area contributed by atoms with E-state index in [1.54, 1.807) is 17.0 Å². The fraction of sp³-hybridized carbons (Fsp3) is 0.692. The van der Waals surface area contributed by atoms with E-state index < -0.39 is 0 Å². The van der Waals surface area contributed by atoms with Crippen molar-refractivity contribution in [2.24, 2.45) is 5.41 Å². The summed E-state index contributed by atoms with van der Waals surface area (Å²) in [6, 6.07) is 0. The molecule has 0 saturated carbocycles. The maximum absolute atomic E-state index is 12.0. The number of anilines is 1. The molecule has 0 spiro atoms. The van der Waals surface area contributed by atoms with E-state index in [4.69, 9.17) is 0 Å². The molecule has 0 aliphatic heterocycles. The number of nitrogens with one attached hydrogen (secondary N) is 1. The second-order valence-corrected chi connectivity index (χ2v) is 5.51. The zero-order valence-electron chi connectivity index (χ0n) is 11.3. The third-order valence-corrected chi connectivity index (χ3v) is 2.55. The molecule has 1 aromatic rings. The average molecular weight is 237 g/mol. The summed E-state index contributed by atoms with van der Waals surface area (Å²) >= 11 is 0. The van der Waals surface area contributed by atoms with E-state index in [0.29, 0.717) is 5.82 Å². The van der Waals surface area contributed by atoms with Gasteiger partial charge in [-0.3, -0.25) is 4.79 Å². The molecular weight excluding hydrogens is 214 g/mol. The van der Waals surface area contributed by atoms with E-state index in [1.807, 2.05) is 0 Å². The van der Waals surface area contributed by atoms with Crippen LogP contribution in [0, 0.1) is 5.41 Å². The van der Waals surface area contributed by atoms with Crippen LogP contribution in [0.2, 0.25) is 0 Å². The predicted molar refractivity (Wildman–Crippen MR) is 71.3 cm³/mol. The summed E-state index contributed by atoms with van der Waals surface area (Å²) in [5.74, 6) is 0.463. The molecule has 0 unspecified atom stereocenters. The Hall–Kier alpha value is -1.32. The van der Waals surface area contributed by atoms with Gasteiger partial charge in [-0.25, -0.2) is 4.98 Å². The van der Waals surface area contributed by atoms with Gasteiger partial charge in [0, 0.05) is 25.5 Å². The van der Waals surface area contributed by atoms with E-state index in [0.717, 1.165) is 25.9 Å². The summed E-state index contributed by atoms with van der Waals surface area (Å²) in [5, 5.41) is 3.12. The van der Waals surface area contributed by atoms with E-state index in [-0.39, 0.29) is 11.0 Å². The Morgan fingerprint density at radius 2 is 2.12 bits per heavy atom. The van der Waals surface area contributed by atoms with Crippen LogP contribution in [0.25, 0.3) is 0 Å². The van der Waals surface area contributed by atoms with E-state index in [9.17, 15) is 4.79 Å². The molecule has 0 atom stereocenters. The van der Waals surface area contributed by atoms with Crippen molar-refractivity contribution in [3.05, 3.63) is 22.7 Å². The highest BCUT2D eigenvalue weighted by Gasteiger charge is 2.10. The highest BCUT2D eigenvalue weighted by Crippen LogP contribution is 2.17. The molecule has 0 amide bonds. The molecule has 0 aromatic carbocycles. The zero-order valence-corrected chi connectivity index (χ0v) is 11.3. The molecule has 17 heavy (non-hydrogen) atoms. The molecule has 0 aliphatic carbocycles. The Bertz CT molecular complexity index is 404. The molecular formula is C13H23N3O. The fourth-order valence-corrected chi connectivity index (χ4v) is 1.54. The lowest BCUT2D eigenvalue weighted by atomic mass is 9.92. The van der Waals surface area contributed by atoms with Crippen molar-refractivity contribution in [1.29, 1.82) is 0 Å². The van der Waals surface area contributed by atoms with Crippen LogP contribution in [0.1, 0.15) is 40.5 Å². The summed E-state index contributed by atoms with van der Waals surface area (Å²) in [6.45, 7) is 10.1. The first-order valence-corrected chi connectivity index (χ1v) is 6.23. The van der Waals surface area contributed by atoms with Crippen LogP contribution in [0.4, 0.5) is 5.82 Å². The number of hydrogen-bond donors (Lipinski definition) is 1. The van der Waals surface area contributed by atoms with Crippen molar-refractivity contribution in [3.63, 3.8) is 0 Å². The van der Waals surface area contributed by atoms with Gasteiger partial charge in [-0.05, 0) is 18.3 Å². The molecule has 1 N–H and O–H groups in total. The highest BCUT2D eigenvalue weighted by atomic mass is 16.1. The molecule has 96 valence electrons. The van der Waals surface area contributed by atoms with Gasteiger partial charge in [0.15, 0.2) is 5.82 Å². The second kappa shape index (κ2) is 5.84. The summed E-state index contributed by atoms with van der Waals surface area (Å²) in [7, 11) is 0. The minimum atomic E-state index is -0.0248. The summed E-state index contributed by atoms with van der Waals surface area (Å²) in [4.78, 5) is 16.0. The number of aromatic nitrogens is 2. The second-order valence-electron chi connectivity index (χ2n) is 5.51. The topological polar surface area (TPSA) is 46.9 Å². The van der Waals surface area contributed by atoms with Crippen molar-refractivity contribution >= 4 is 5.82 Å². The van der Waals surface area contributed by atoms with Crippen molar-refractivity contribution in [2.45, 2.75) is 47.1 Å². The lowest BCUT2D eigenvalue weighted by Crippen LogP contribution is -2.25. The van der Waals surface area contributed by atoms with E-state index >= 15 is 0 Å². The first kappa shape index (κ1) is 13.7. The molecule has 0 fully saturated rings. The smallest absolute Gasteiger partial charge is 0.293 e. The van der Waals surface area contributed by atoms with E-state index in [2.05, 4.69) is 38.0 Å². The Kier molecular flexibility index (Phi) is 4.73. The number of hydrogen-bond acceptors (Lipinski definition) is 3. The first-order chi connectivity index (χ1) is 7.94. The Labute approximate surface area is 103 Å². The quantitative estimate of drug-likeness (QED) is 0.856. The Balaban J connectivity index is 2.66. The van der Waals surface area contributed by atoms with Gasteiger partial charge in [0.25, 0.3) is 5.56 Å². The Morgan fingerprint density at radius 3 is 2.71 bits per heavy atom. The highest BCUT2D eigenvalue weighted by molar-refractivity contribution is 5.30. The predicted octanol–water partition coefficient (Wildman–Crippen LogP) is 2.50. The van der Waals surface area contributed by atoms with Crippen molar-refractivity contribution in [1.82, 2.24) is 9.55 Å². The third-order valence-electron chi connectivity index (χ3n) is 2.55. The van der Waals surface area contributed by atoms with Gasteiger partial charge in [-0.15, -0.1) is 0 Å². The zero-order chi connectivity index (χ0) is 12.9. The van der Waals surface area contributed by atoms with Gasteiger partial charge in [0.05, 0.1) is 0 Å². The fourth-order valence-electron chi connectivity index (χ4n) is 1.54. The van der Waals surface area contributed by atoms with Gasteiger partial charge in [0.1, 0.15) is 0 Å². The summed E-state index contributed by atoms with van der Waals surface area (Å²) in [5.41, 5.74) is 0.243. The maximum Gasteiger partial charge on any atom is 0.293 e. The minimum Gasteiger partial charge on any atom is -0.365 e. The molecule has 0 saturated heterocycles. The lowest BCUT2D eigenvalue weighted by Gasteiger charge is -2.18. The molecule has 4 heteroatoms. The summed E-state index contributed by atoms with van der Waals surface area (Å²) < 4.78 is 1.70. The molecule has 1 rings (SSSR count). The van der Waals surface area contributed by atoms with E-state index in [1.165, 1.54) is 0 Å². The Morgan fingerprint density at radius 1 is 1.41 bits per heavy atom. The molecule has 0 radical (unpaired) electrons. The monoisotopic (exact) mass is 237 g/mol. The lowest BCUT2D eigenvalue weighted by molar-refractivity contribution is 0.389. The normalized spacial score (nSPS) is 11.5.